The third-order valence-corrected chi connectivity index (χ3v) is 6.00. The van der Waals surface area contributed by atoms with Crippen LogP contribution >= 0.6 is 0 Å². The Kier molecular flexibility index (Phi) is 5.60. The first-order valence-corrected chi connectivity index (χ1v) is 10.9. The first-order valence-electron chi connectivity index (χ1n) is 10.9. The van der Waals surface area contributed by atoms with Gasteiger partial charge in [-0.1, -0.05) is 12.1 Å². The Balaban J connectivity index is 1.75. The van der Waals surface area contributed by atoms with Crippen LogP contribution in [0.25, 0.3) is 16.8 Å². The molecule has 2 amide bonds. The Morgan fingerprint density at radius 2 is 1.74 bits per heavy atom. The van der Waals surface area contributed by atoms with E-state index in [0.29, 0.717) is 11.3 Å². The molecule has 0 radical (unpaired) electrons. The normalized spacial score (nSPS) is 19.5. The fourth-order valence-corrected chi connectivity index (χ4v) is 4.66. The summed E-state index contributed by atoms with van der Waals surface area (Å²) in [6.07, 6.45) is 3.12. The van der Waals surface area contributed by atoms with Crippen LogP contribution in [0.15, 0.2) is 29.1 Å². The molecule has 1 fully saturated rings. The largest absolute Gasteiger partial charge is 0.352 e. The summed E-state index contributed by atoms with van der Waals surface area (Å²) < 4.78 is 4.42. The van der Waals surface area contributed by atoms with E-state index in [9.17, 15) is 14.4 Å². The minimum atomic E-state index is -0.393. The number of likely N-dealkylation sites (tertiary alicyclic amines) is 1. The third kappa shape index (κ3) is 3.84. The van der Waals surface area contributed by atoms with Crippen molar-refractivity contribution < 1.29 is 9.59 Å². The number of carbonyl (C=O) groups excluding carboxylic acids is 2. The molecule has 9 nitrogen and oxygen atoms in total. The van der Waals surface area contributed by atoms with E-state index in [1.165, 1.54) is 4.40 Å². The van der Waals surface area contributed by atoms with Gasteiger partial charge in [-0.2, -0.15) is 0 Å². The van der Waals surface area contributed by atoms with Gasteiger partial charge in [-0.15, -0.1) is 5.10 Å². The van der Waals surface area contributed by atoms with Crippen LogP contribution in [-0.2, 0) is 22.7 Å². The van der Waals surface area contributed by atoms with Gasteiger partial charge in [0.05, 0.1) is 11.0 Å². The molecule has 3 heterocycles. The highest BCUT2D eigenvalue weighted by atomic mass is 16.2. The average molecular weight is 427 g/mol. The van der Waals surface area contributed by atoms with E-state index < -0.39 is 5.69 Å². The lowest BCUT2D eigenvalue weighted by Crippen LogP contribution is -2.48. The molecular weight excluding hydrogens is 396 g/mol. The Morgan fingerprint density at radius 3 is 2.39 bits per heavy atom. The number of rotatable bonds is 5. The molecule has 3 aromatic rings. The SMILES string of the molecule is CC(C)NC(=O)Cn1nc2n(CC(=O)N3[C@H](C)CCC[C@H]3C)c3ccccc3n2c1=O. The molecule has 166 valence electrons. The smallest absolute Gasteiger partial charge is 0.352 e. The summed E-state index contributed by atoms with van der Waals surface area (Å²) in [4.78, 5) is 40.5. The Bertz CT molecular complexity index is 1180. The zero-order valence-electron chi connectivity index (χ0n) is 18.5. The summed E-state index contributed by atoms with van der Waals surface area (Å²) in [6, 6.07) is 7.79. The lowest BCUT2D eigenvalue weighted by molar-refractivity contribution is -0.137. The predicted octanol–water partition coefficient (Wildman–Crippen LogP) is 1.76. The summed E-state index contributed by atoms with van der Waals surface area (Å²) in [5.41, 5.74) is 1.05. The number of carbonyl (C=O) groups is 2. The number of hydrogen-bond acceptors (Lipinski definition) is 4. The van der Waals surface area contributed by atoms with E-state index in [-0.39, 0.29) is 43.0 Å². The van der Waals surface area contributed by atoms with Gasteiger partial charge in [0.15, 0.2) is 0 Å². The number of nitrogens with zero attached hydrogens (tertiary/aromatic N) is 5. The zero-order valence-corrected chi connectivity index (χ0v) is 18.5. The molecule has 31 heavy (non-hydrogen) atoms. The molecule has 0 spiro atoms. The zero-order chi connectivity index (χ0) is 22.3. The van der Waals surface area contributed by atoms with E-state index in [0.717, 1.165) is 29.5 Å². The summed E-state index contributed by atoms with van der Waals surface area (Å²) in [5, 5.41) is 7.21. The van der Waals surface area contributed by atoms with Gasteiger partial charge in [0.2, 0.25) is 17.6 Å². The maximum atomic E-state index is 13.3. The van der Waals surface area contributed by atoms with Crippen molar-refractivity contribution >= 4 is 28.6 Å². The average Bonchev–Trinajstić information content (AvgIpc) is 3.16. The van der Waals surface area contributed by atoms with E-state index in [1.807, 2.05) is 43.0 Å². The molecule has 1 N–H and O–H groups in total. The van der Waals surface area contributed by atoms with Gasteiger partial charge in [0.25, 0.3) is 0 Å². The Labute approximate surface area is 180 Å². The Morgan fingerprint density at radius 1 is 1.10 bits per heavy atom. The molecule has 0 saturated carbocycles. The van der Waals surface area contributed by atoms with Gasteiger partial charge < -0.3 is 10.2 Å². The maximum absolute atomic E-state index is 13.3. The topological polar surface area (TPSA) is 93.6 Å². The van der Waals surface area contributed by atoms with Gasteiger partial charge in [-0.05, 0) is 59.1 Å². The van der Waals surface area contributed by atoms with Gasteiger partial charge in [0, 0.05) is 18.1 Å². The number of amides is 2. The summed E-state index contributed by atoms with van der Waals surface area (Å²) in [5.74, 6) is 0.109. The van der Waals surface area contributed by atoms with Crippen molar-refractivity contribution in [2.75, 3.05) is 0 Å². The minimum Gasteiger partial charge on any atom is -0.352 e. The van der Waals surface area contributed by atoms with Crippen molar-refractivity contribution in [2.24, 2.45) is 0 Å². The Hall–Kier alpha value is -3.10. The second-order valence-corrected chi connectivity index (χ2v) is 8.80. The maximum Gasteiger partial charge on any atom is 0.352 e. The molecule has 2 atom stereocenters. The lowest BCUT2D eigenvalue weighted by Gasteiger charge is -2.39. The van der Waals surface area contributed by atoms with Crippen LogP contribution in [0.3, 0.4) is 0 Å². The van der Waals surface area contributed by atoms with Crippen molar-refractivity contribution in [1.82, 2.24) is 29.0 Å². The van der Waals surface area contributed by atoms with Crippen molar-refractivity contribution in [3.05, 3.63) is 34.7 Å². The highest BCUT2D eigenvalue weighted by Gasteiger charge is 2.30. The molecule has 0 unspecified atom stereocenters. The number of imidazole rings is 1. The van der Waals surface area contributed by atoms with E-state index in [1.54, 1.807) is 4.57 Å². The number of para-hydroxylation sites is 2. The number of hydrogen-bond donors (Lipinski definition) is 1. The first kappa shape index (κ1) is 21.1. The summed E-state index contributed by atoms with van der Waals surface area (Å²) in [6.45, 7) is 7.83. The van der Waals surface area contributed by atoms with Crippen molar-refractivity contribution in [1.29, 1.82) is 0 Å². The molecule has 1 saturated heterocycles. The minimum absolute atomic E-state index is 0.0162. The van der Waals surface area contributed by atoms with Gasteiger partial charge >= 0.3 is 5.69 Å². The number of fused-ring (bicyclic) bond motifs is 3. The lowest BCUT2D eigenvalue weighted by atomic mass is 9.97. The monoisotopic (exact) mass is 426 g/mol. The predicted molar refractivity (Wildman–Crippen MR) is 118 cm³/mol. The molecule has 4 rings (SSSR count). The van der Waals surface area contributed by atoms with Crippen LogP contribution in [0.2, 0.25) is 0 Å². The molecule has 2 aromatic heterocycles. The summed E-state index contributed by atoms with van der Waals surface area (Å²) in [7, 11) is 0. The highest BCUT2D eigenvalue weighted by molar-refractivity contribution is 5.85. The quantitative estimate of drug-likeness (QED) is 0.673. The van der Waals surface area contributed by atoms with E-state index in [2.05, 4.69) is 24.3 Å². The molecule has 1 aliphatic rings. The van der Waals surface area contributed by atoms with Crippen LogP contribution in [0, 0.1) is 0 Å². The van der Waals surface area contributed by atoms with Gasteiger partial charge in [-0.25, -0.2) is 13.9 Å². The first-order chi connectivity index (χ1) is 14.8. The molecule has 0 bridgehead atoms. The number of piperidine rings is 1. The van der Waals surface area contributed by atoms with Gasteiger partial charge in [0.1, 0.15) is 13.1 Å². The van der Waals surface area contributed by atoms with Crippen LogP contribution in [-0.4, -0.2) is 53.6 Å². The number of benzene rings is 1. The van der Waals surface area contributed by atoms with Crippen molar-refractivity contribution in [3.8, 4) is 0 Å². The van der Waals surface area contributed by atoms with Crippen molar-refractivity contribution in [3.63, 3.8) is 0 Å². The third-order valence-electron chi connectivity index (χ3n) is 6.00. The molecule has 9 heteroatoms. The second kappa shape index (κ2) is 8.20. The molecular formula is C22H30N6O3. The van der Waals surface area contributed by atoms with E-state index in [4.69, 9.17) is 0 Å². The molecule has 1 aromatic carbocycles. The fourth-order valence-electron chi connectivity index (χ4n) is 4.66. The van der Waals surface area contributed by atoms with Crippen molar-refractivity contribution in [2.45, 2.75) is 78.2 Å². The van der Waals surface area contributed by atoms with E-state index >= 15 is 0 Å². The second-order valence-electron chi connectivity index (χ2n) is 8.80. The van der Waals surface area contributed by atoms with Crippen LogP contribution < -0.4 is 11.0 Å². The molecule has 1 aliphatic heterocycles. The standard InChI is InChI=1S/C22H30N6O3/c1-14(2)23-19(29)12-26-22(31)28-18-11-6-5-10-17(18)25(21(28)24-26)13-20(30)27-15(3)8-7-9-16(27)4/h5-6,10-11,14-16H,7-9,12-13H2,1-4H3,(H,23,29)/t15-,16-/m1/s1. The number of nitrogens with one attached hydrogen (secondary N) is 1. The summed E-state index contributed by atoms with van der Waals surface area (Å²) >= 11 is 0. The molecule has 0 aliphatic carbocycles. The van der Waals surface area contributed by atoms with Crippen LogP contribution in [0.4, 0.5) is 0 Å². The highest BCUT2D eigenvalue weighted by Crippen LogP contribution is 2.24. The van der Waals surface area contributed by atoms with Crippen LogP contribution in [0.1, 0.15) is 47.0 Å². The van der Waals surface area contributed by atoms with Crippen LogP contribution in [0.5, 0.6) is 0 Å². The fraction of sp³-hybridized carbons (Fsp3) is 0.545. The van der Waals surface area contributed by atoms with Gasteiger partial charge in [-0.3, -0.25) is 14.2 Å². The number of aromatic nitrogens is 4.